The number of likely N-dealkylation sites (tertiary alicyclic amines) is 1. The number of hydrogen-bond donors (Lipinski definition) is 2. The van der Waals surface area contributed by atoms with Crippen LogP contribution < -0.4 is 15.4 Å². The molecule has 1 saturated heterocycles. The lowest BCUT2D eigenvalue weighted by atomic mass is 10.0. The second-order valence-corrected chi connectivity index (χ2v) is 6.95. The molecule has 0 spiro atoms. The molecule has 1 aromatic rings. The first-order valence-electron chi connectivity index (χ1n) is 9.45. The van der Waals surface area contributed by atoms with Crippen LogP contribution in [0, 0.1) is 6.92 Å². The van der Waals surface area contributed by atoms with Crippen molar-refractivity contribution in [3.05, 3.63) is 29.3 Å². The van der Waals surface area contributed by atoms with Crippen LogP contribution in [-0.2, 0) is 6.54 Å². The Morgan fingerprint density at radius 1 is 1.27 bits per heavy atom. The summed E-state index contributed by atoms with van der Waals surface area (Å²) < 4.78 is 5.34. The molecule has 26 heavy (non-hydrogen) atoms. The lowest BCUT2D eigenvalue weighted by molar-refractivity contribution is 0.159. The van der Waals surface area contributed by atoms with E-state index < -0.39 is 0 Å². The zero-order valence-electron chi connectivity index (χ0n) is 16.7. The van der Waals surface area contributed by atoms with E-state index in [1.165, 1.54) is 43.5 Å². The van der Waals surface area contributed by atoms with E-state index in [1.54, 1.807) is 7.11 Å². The van der Waals surface area contributed by atoms with E-state index in [1.807, 2.05) is 13.1 Å². The van der Waals surface area contributed by atoms with Gasteiger partial charge in [0.25, 0.3) is 0 Å². The Hall–Kier alpha value is -1.02. The first-order chi connectivity index (χ1) is 12.1. The molecular weight excluding hydrogens is 439 g/mol. The maximum atomic E-state index is 5.34. The van der Waals surface area contributed by atoms with Crippen LogP contribution in [0.25, 0.3) is 0 Å². The molecule has 6 heteroatoms. The highest BCUT2D eigenvalue weighted by molar-refractivity contribution is 14.0. The van der Waals surface area contributed by atoms with Gasteiger partial charge >= 0.3 is 0 Å². The summed E-state index contributed by atoms with van der Waals surface area (Å²) in [5.74, 6) is 1.75. The number of guanidine groups is 1. The fourth-order valence-electron chi connectivity index (χ4n) is 3.43. The number of nitrogens with one attached hydrogen (secondary N) is 2. The number of ether oxygens (including phenoxy) is 1. The average molecular weight is 474 g/mol. The van der Waals surface area contributed by atoms with E-state index in [-0.39, 0.29) is 24.0 Å². The van der Waals surface area contributed by atoms with Crippen LogP contribution in [0.3, 0.4) is 0 Å². The molecule has 0 amide bonds. The van der Waals surface area contributed by atoms with Gasteiger partial charge in [0.1, 0.15) is 5.75 Å². The molecule has 0 radical (unpaired) electrons. The molecule has 0 bridgehead atoms. The number of nitrogens with zero attached hydrogens (tertiary/aromatic N) is 2. The zero-order valence-corrected chi connectivity index (χ0v) is 19.0. The molecule has 1 heterocycles. The van der Waals surface area contributed by atoms with Gasteiger partial charge in [0.2, 0.25) is 0 Å². The lowest BCUT2D eigenvalue weighted by Gasteiger charge is -2.33. The van der Waals surface area contributed by atoms with E-state index in [0.717, 1.165) is 37.3 Å². The first kappa shape index (κ1) is 23.0. The van der Waals surface area contributed by atoms with E-state index >= 15 is 0 Å². The minimum Gasteiger partial charge on any atom is -0.497 e. The van der Waals surface area contributed by atoms with Gasteiger partial charge in [-0.05, 0) is 62.9 Å². The van der Waals surface area contributed by atoms with Gasteiger partial charge in [0.05, 0.1) is 7.11 Å². The third-order valence-electron chi connectivity index (χ3n) is 4.89. The second kappa shape index (κ2) is 12.4. The number of aliphatic imine (C=N–C) groups is 1. The molecule has 1 atom stereocenters. The number of benzene rings is 1. The van der Waals surface area contributed by atoms with Crippen LogP contribution in [-0.4, -0.2) is 50.7 Å². The topological polar surface area (TPSA) is 48.9 Å². The molecule has 1 aliphatic heterocycles. The van der Waals surface area contributed by atoms with Gasteiger partial charge in [-0.25, -0.2) is 0 Å². The number of methoxy groups -OCH3 is 1. The molecule has 148 valence electrons. The van der Waals surface area contributed by atoms with E-state index in [4.69, 9.17) is 4.74 Å². The molecule has 1 aliphatic rings. The quantitative estimate of drug-likeness (QED) is 0.275. The molecule has 1 aromatic carbocycles. The van der Waals surface area contributed by atoms with Gasteiger partial charge in [0, 0.05) is 32.7 Å². The van der Waals surface area contributed by atoms with Gasteiger partial charge in [-0.15, -0.1) is 24.0 Å². The summed E-state index contributed by atoms with van der Waals surface area (Å²) in [4.78, 5) is 6.93. The smallest absolute Gasteiger partial charge is 0.191 e. The highest BCUT2D eigenvalue weighted by Crippen LogP contribution is 2.17. The molecule has 1 fully saturated rings. The summed E-state index contributed by atoms with van der Waals surface area (Å²) >= 11 is 0. The van der Waals surface area contributed by atoms with Crippen molar-refractivity contribution in [2.45, 2.75) is 52.1 Å². The minimum absolute atomic E-state index is 0. The summed E-state index contributed by atoms with van der Waals surface area (Å²) in [6.45, 7) is 8.54. The van der Waals surface area contributed by atoms with Crippen LogP contribution in [0.4, 0.5) is 0 Å². The highest BCUT2D eigenvalue weighted by Gasteiger charge is 2.17. The van der Waals surface area contributed by atoms with Gasteiger partial charge in [-0.2, -0.15) is 0 Å². The summed E-state index contributed by atoms with van der Waals surface area (Å²) in [5.41, 5.74) is 2.40. The van der Waals surface area contributed by atoms with Crippen molar-refractivity contribution in [2.24, 2.45) is 4.99 Å². The standard InChI is InChI=1S/C20H34N4O.HI/c1-16-12-18(14-19(13-16)25-4)15-23-20(21-3)22-9-7-11-24-10-6-5-8-17(24)2;/h12-14,17H,5-11,15H2,1-4H3,(H2,21,22,23);1H. The minimum atomic E-state index is 0. The fraction of sp³-hybridized carbons (Fsp3) is 0.650. The Balaban J connectivity index is 0.00000338. The number of aryl methyl sites for hydroxylation is 1. The largest absolute Gasteiger partial charge is 0.497 e. The fourth-order valence-corrected chi connectivity index (χ4v) is 3.43. The van der Waals surface area contributed by atoms with Crippen molar-refractivity contribution < 1.29 is 4.74 Å². The van der Waals surface area contributed by atoms with Crippen LogP contribution in [0.1, 0.15) is 43.7 Å². The van der Waals surface area contributed by atoms with Crippen molar-refractivity contribution in [3.63, 3.8) is 0 Å². The maximum Gasteiger partial charge on any atom is 0.191 e. The Kier molecular flexibility index (Phi) is 11.0. The summed E-state index contributed by atoms with van der Waals surface area (Å²) in [6, 6.07) is 7.01. The van der Waals surface area contributed by atoms with Crippen LogP contribution >= 0.6 is 24.0 Å². The zero-order chi connectivity index (χ0) is 18.1. The van der Waals surface area contributed by atoms with Crippen LogP contribution in [0.5, 0.6) is 5.75 Å². The van der Waals surface area contributed by atoms with Crippen molar-refractivity contribution in [1.29, 1.82) is 0 Å². The Morgan fingerprint density at radius 3 is 2.77 bits per heavy atom. The Morgan fingerprint density at radius 2 is 2.08 bits per heavy atom. The van der Waals surface area contributed by atoms with E-state index in [0.29, 0.717) is 0 Å². The molecule has 0 aromatic heterocycles. The highest BCUT2D eigenvalue weighted by atomic mass is 127. The van der Waals surface area contributed by atoms with E-state index in [2.05, 4.69) is 46.5 Å². The SMILES string of the molecule is CN=C(NCCCN1CCCCC1C)NCc1cc(C)cc(OC)c1.I. The summed E-state index contributed by atoms with van der Waals surface area (Å²) in [6.07, 6.45) is 5.22. The number of hydrogen-bond acceptors (Lipinski definition) is 3. The van der Waals surface area contributed by atoms with Crippen LogP contribution in [0.15, 0.2) is 23.2 Å². The molecule has 2 N–H and O–H groups in total. The molecule has 1 unspecified atom stereocenters. The Bertz CT molecular complexity index is 565. The average Bonchev–Trinajstić information content (AvgIpc) is 2.62. The van der Waals surface area contributed by atoms with Crippen molar-refractivity contribution in [1.82, 2.24) is 15.5 Å². The van der Waals surface area contributed by atoms with Crippen molar-refractivity contribution in [3.8, 4) is 5.75 Å². The lowest BCUT2D eigenvalue weighted by Crippen LogP contribution is -2.41. The normalized spacial score (nSPS) is 18.2. The second-order valence-electron chi connectivity index (χ2n) is 6.95. The van der Waals surface area contributed by atoms with Crippen LogP contribution in [0.2, 0.25) is 0 Å². The number of piperidine rings is 1. The molecule has 0 aliphatic carbocycles. The third kappa shape index (κ3) is 7.70. The number of halogens is 1. The van der Waals surface area contributed by atoms with Gasteiger partial charge in [-0.1, -0.05) is 12.5 Å². The molecular formula is C20H35IN4O. The van der Waals surface area contributed by atoms with Crippen molar-refractivity contribution in [2.75, 3.05) is 33.8 Å². The molecule has 0 saturated carbocycles. The summed E-state index contributed by atoms with van der Waals surface area (Å²) in [7, 11) is 3.52. The molecule has 5 nitrogen and oxygen atoms in total. The maximum absolute atomic E-state index is 5.34. The summed E-state index contributed by atoms with van der Waals surface area (Å²) in [5, 5.41) is 6.80. The first-order valence-corrected chi connectivity index (χ1v) is 9.45. The van der Waals surface area contributed by atoms with Gasteiger partial charge in [-0.3, -0.25) is 4.99 Å². The Labute approximate surface area is 176 Å². The van der Waals surface area contributed by atoms with Gasteiger partial charge in [0.15, 0.2) is 5.96 Å². The van der Waals surface area contributed by atoms with E-state index in [9.17, 15) is 0 Å². The third-order valence-corrected chi connectivity index (χ3v) is 4.89. The van der Waals surface area contributed by atoms with Gasteiger partial charge < -0.3 is 20.3 Å². The number of rotatable bonds is 7. The van der Waals surface area contributed by atoms with Crippen molar-refractivity contribution >= 4 is 29.9 Å². The predicted octanol–water partition coefficient (Wildman–Crippen LogP) is 3.55. The predicted molar refractivity (Wildman–Crippen MR) is 121 cm³/mol. The monoisotopic (exact) mass is 474 g/mol. The molecule has 2 rings (SSSR count).